The van der Waals surface area contributed by atoms with Crippen LogP contribution in [0.5, 0.6) is 0 Å². The van der Waals surface area contributed by atoms with E-state index in [4.69, 9.17) is 9.47 Å². The lowest BCUT2D eigenvalue weighted by atomic mass is 9.57. The summed E-state index contributed by atoms with van der Waals surface area (Å²) in [7, 11) is 2.87. The molecule has 0 saturated heterocycles. The highest BCUT2D eigenvalue weighted by atomic mass is 16.5. The summed E-state index contributed by atoms with van der Waals surface area (Å²) in [5.74, 6) is 0.267. The van der Waals surface area contributed by atoms with Gasteiger partial charge >= 0.3 is 11.9 Å². The maximum Gasteiger partial charge on any atom is 0.313 e. The largest absolute Gasteiger partial charge is 0.469 e. The Hall–Kier alpha value is -1.06. The minimum Gasteiger partial charge on any atom is -0.469 e. The minimum atomic E-state index is -0.586. The Balaban J connectivity index is 2.14. The summed E-state index contributed by atoms with van der Waals surface area (Å²) in [5.41, 5.74) is -1.17. The van der Waals surface area contributed by atoms with Gasteiger partial charge in [0.2, 0.25) is 0 Å². The molecule has 4 nitrogen and oxygen atoms in total. The number of rotatable bonds is 2. The molecular weight excluding hydrogens is 232 g/mol. The maximum absolute atomic E-state index is 12.4. The van der Waals surface area contributed by atoms with Crippen LogP contribution in [-0.4, -0.2) is 26.2 Å². The Morgan fingerprint density at radius 1 is 0.944 bits per heavy atom. The average Bonchev–Trinajstić information content (AvgIpc) is 3.06. The molecule has 4 heteroatoms. The van der Waals surface area contributed by atoms with E-state index in [2.05, 4.69) is 0 Å². The van der Waals surface area contributed by atoms with Crippen molar-refractivity contribution in [2.75, 3.05) is 14.2 Å². The van der Waals surface area contributed by atoms with Crippen molar-refractivity contribution in [1.29, 1.82) is 0 Å². The van der Waals surface area contributed by atoms with Crippen LogP contribution in [0.4, 0.5) is 0 Å². The van der Waals surface area contributed by atoms with Gasteiger partial charge in [0.25, 0.3) is 0 Å². The van der Waals surface area contributed by atoms with Gasteiger partial charge in [-0.2, -0.15) is 0 Å². The molecule has 0 spiro atoms. The quantitative estimate of drug-likeness (QED) is 0.704. The average molecular weight is 252 g/mol. The summed E-state index contributed by atoms with van der Waals surface area (Å²) in [6, 6.07) is 0. The molecule has 2 bridgehead atoms. The first-order valence-corrected chi connectivity index (χ1v) is 6.80. The second kappa shape index (κ2) is 3.72. The van der Waals surface area contributed by atoms with Crippen molar-refractivity contribution in [2.24, 2.45) is 22.7 Å². The Labute approximate surface area is 107 Å². The highest BCUT2D eigenvalue weighted by Crippen LogP contribution is 2.73. The number of esters is 2. The molecule has 0 aromatic rings. The molecule has 0 radical (unpaired) electrons. The van der Waals surface area contributed by atoms with Gasteiger partial charge in [-0.05, 0) is 43.9 Å². The van der Waals surface area contributed by atoms with Crippen molar-refractivity contribution in [3.8, 4) is 0 Å². The molecule has 0 aliphatic heterocycles. The van der Waals surface area contributed by atoms with Gasteiger partial charge in [0.1, 0.15) is 0 Å². The fourth-order valence-electron chi connectivity index (χ4n) is 5.37. The Bertz CT molecular complexity index is 369. The fourth-order valence-corrected chi connectivity index (χ4v) is 5.37. The summed E-state index contributed by atoms with van der Waals surface area (Å²) in [6.07, 6.45) is 5.60. The van der Waals surface area contributed by atoms with E-state index in [1.54, 1.807) is 0 Å². The van der Waals surface area contributed by atoms with E-state index in [0.29, 0.717) is 11.8 Å². The highest BCUT2D eigenvalue weighted by molar-refractivity contribution is 5.91. The van der Waals surface area contributed by atoms with Gasteiger partial charge in [-0.15, -0.1) is 0 Å². The Kier molecular flexibility index (Phi) is 2.48. The molecule has 100 valence electrons. The minimum absolute atomic E-state index is 0.183. The molecule has 0 unspecified atom stereocenters. The smallest absolute Gasteiger partial charge is 0.313 e. The van der Waals surface area contributed by atoms with Crippen LogP contribution in [0.25, 0.3) is 0 Å². The summed E-state index contributed by atoms with van der Waals surface area (Å²) >= 11 is 0. The van der Waals surface area contributed by atoms with E-state index < -0.39 is 10.8 Å². The van der Waals surface area contributed by atoms with Gasteiger partial charge in [-0.1, -0.05) is 6.42 Å². The highest BCUT2D eigenvalue weighted by Gasteiger charge is 2.76. The van der Waals surface area contributed by atoms with Crippen LogP contribution in [0.1, 0.15) is 38.5 Å². The van der Waals surface area contributed by atoms with Gasteiger partial charge < -0.3 is 9.47 Å². The van der Waals surface area contributed by atoms with Crippen LogP contribution in [0, 0.1) is 22.7 Å². The van der Waals surface area contributed by atoms with Crippen molar-refractivity contribution < 1.29 is 19.1 Å². The molecule has 0 aromatic heterocycles. The topological polar surface area (TPSA) is 52.6 Å². The zero-order chi connectivity index (χ0) is 13.0. The molecule has 4 atom stereocenters. The van der Waals surface area contributed by atoms with Crippen LogP contribution in [0.3, 0.4) is 0 Å². The van der Waals surface area contributed by atoms with Gasteiger partial charge in [0.05, 0.1) is 25.0 Å². The Morgan fingerprint density at radius 3 is 1.78 bits per heavy atom. The summed E-state index contributed by atoms with van der Waals surface area (Å²) < 4.78 is 10.1. The molecule has 0 aromatic carbocycles. The molecular formula is C14H20O4. The summed E-state index contributed by atoms with van der Waals surface area (Å²) in [4.78, 5) is 24.8. The van der Waals surface area contributed by atoms with Crippen LogP contribution >= 0.6 is 0 Å². The number of carbonyl (C=O) groups is 2. The predicted molar refractivity (Wildman–Crippen MR) is 63.6 cm³/mol. The standard InChI is InChI=1S/C14H20O4/c1-17-11(15)13-6-3-7-14(13,12(16)18-2)10-5-4-9(13)8-10/h9-10H,3-8H2,1-2H3/t9-,10+,13+,14-. The molecule has 3 saturated carbocycles. The molecule has 3 aliphatic carbocycles. The first kappa shape index (κ1) is 12.0. The first-order valence-electron chi connectivity index (χ1n) is 6.80. The van der Waals surface area contributed by atoms with Crippen LogP contribution in [-0.2, 0) is 19.1 Å². The molecule has 3 rings (SSSR count). The number of hydrogen-bond acceptors (Lipinski definition) is 4. The third-order valence-electron chi connectivity index (χ3n) is 5.86. The van der Waals surface area contributed by atoms with Crippen LogP contribution < -0.4 is 0 Å². The van der Waals surface area contributed by atoms with Crippen molar-refractivity contribution in [3.63, 3.8) is 0 Å². The number of fused-ring (bicyclic) bond motifs is 5. The van der Waals surface area contributed by atoms with Crippen molar-refractivity contribution in [1.82, 2.24) is 0 Å². The van der Waals surface area contributed by atoms with Gasteiger partial charge in [0.15, 0.2) is 0 Å². The van der Waals surface area contributed by atoms with Crippen molar-refractivity contribution >= 4 is 11.9 Å². The number of methoxy groups -OCH3 is 2. The predicted octanol–water partition coefficient (Wildman–Crippen LogP) is 1.92. The molecule has 3 aliphatic rings. The lowest BCUT2D eigenvalue weighted by molar-refractivity contribution is -0.181. The lowest BCUT2D eigenvalue weighted by Crippen LogP contribution is -2.53. The van der Waals surface area contributed by atoms with Crippen LogP contribution in [0.2, 0.25) is 0 Å². The van der Waals surface area contributed by atoms with E-state index in [9.17, 15) is 9.59 Å². The summed E-state index contributed by atoms with van der Waals surface area (Å²) in [6.45, 7) is 0. The summed E-state index contributed by atoms with van der Waals surface area (Å²) in [5, 5.41) is 0. The molecule has 0 N–H and O–H groups in total. The number of hydrogen-bond donors (Lipinski definition) is 0. The monoisotopic (exact) mass is 252 g/mol. The van der Waals surface area contributed by atoms with Crippen LogP contribution in [0.15, 0.2) is 0 Å². The van der Waals surface area contributed by atoms with Gasteiger partial charge in [-0.25, -0.2) is 0 Å². The zero-order valence-electron chi connectivity index (χ0n) is 11.0. The third-order valence-corrected chi connectivity index (χ3v) is 5.86. The third kappa shape index (κ3) is 1.04. The van der Waals surface area contributed by atoms with E-state index in [1.165, 1.54) is 14.2 Å². The molecule has 0 amide bonds. The van der Waals surface area contributed by atoms with E-state index in [-0.39, 0.29) is 11.9 Å². The van der Waals surface area contributed by atoms with E-state index in [1.807, 2.05) is 0 Å². The maximum atomic E-state index is 12.4. The number of ether oxygens (including phenoxy) is 2. The van der Waals surface area contributed by atoms with Gasteiger partial charge in [-0.3, -0.25) is 9.59 Å². The zero-order valence-corrected chi connectivity index (χ0v) is 11.0. The van der Waals surface area contributed by atoms with Gasteiger partial charge in [0, 0.05) is 0 Å². The van der Waals surface area contributed by atoms with Crippen molar-refractivity contribution in [3.05, 3.63) is 0 Å². The first-order chi connectivity index (χ1) is 8.63. The molecule has 3 fully saturated rings. The molecule has 18 heavy (non-hydrogen) atoms. The van der Waals surface area contributed by atoms with Crippen molar-refractivity contribution in [2.45, 2.75) is 38.5 Å². The van der Waals surface area contributed by atoms with E-state index >= 15 is 0 Å². The normalized spacial score (nSPS) is 44.8. The SMILES string of the molecule is COC(=O)[C@]12CCC[C@@]1(C(=O)OC)[C@@H]1CC[C@H]2C1. The Morgan fingerprint density at radius 2 is 1.39 bits per heavy atom. The second-order valence-corrected chi connectivity index (χ2v) is 5.99. The lowest BCUT2D eigenvalue weighted by Gasteiger charge is -2.44. The number of carbonyl (C=O) groups excluding carboxylic acids is 2. The van der Waals surface area contributed by atoms with E-state index in [0.717, 1.165) is 38.5 Å². The second-order valence-electron chi connectivity index (χ2n) is 5.99. The molecule has 0 heterocycles. The fraction of sp³-hybridized carbons (Fsp3) is 0.857.